The minimum atomic E-state index is 0. The smallest absolute Gasteiger partial charge is 0.191 e. The summed E-state index contributed by atoms with van der Waals surface area (Å²) < 4.78 is 0. The normalized spacial score (nSPS) is 20.6. The Morgan fingerprint density at radius 1 is 1.30 bits per heavy atom. The van der Waals surface area contributed by atoms with E-state index in [-0.39, 0.29) is 29.5 Å². The van der Waals surface area contributed by atoms with Crippen LogP contribution in [0.1, 0.15) is 47.5 Å². The predicted octanol–water partition coefficient (Wildman–Crippen LogP) is 2.69. The lowest BCUT2D eigenvalue weighted by atomic mass is 10.1. The molecule has 0 saturated carbocycles. The highest BCUT2D eigenvalue weighted by Crippen LogP contribution is 2.16. The van der Waals surface area contributed by atoms with E-state index in [4.69, 9.17) is 4.99 Å². The highest BCUT2D eigenvalue weighted by molar-refractivity contribution is 14.0. The molecule has 1 rings (SSSR count). The van der Waals surface area contributed by atoms with Gasteiger partial charge in [-0.3, -0.25) is 4.99 Å². The number of hydrogen-bond donors (Lipinski definition) is 2. The topological polar surface area (TPSA) is 39.7 Å². The van der Waals surface area contributed by atoms with Gasteiger partial charge in [-0.05, 0) is 59.5 Å². The Bertz CT molecular complexity index is 286. The Morgan fingerprint density at radius 2 is 2.00 bits per heavy atom. The van der Waals surface area contributed by atoms with Crippen LogP contribution >= 0.6 is 24.0 Å². The fourth-order valence-corrected chi connectivity index (χ4v) is 2.46. The van der Waals surface area contributed by atoms with E-state index in [9.17, 15) is 0 Å². The van der Waals surface area contributed by atoms with Gasteiger partial charge in [0.1, 0.15) is 0 Å². The predicted molar refractivity (Wildman–Crippen MR) is 99.1 cm³/mol. The molecule has 120 valence electrons. The van der Waals surface area contributed by atoms with Gasteiger partial charge in [-0.25, -0.2) is 0 Å². The molecule has 1 aliphatic rings. The van der Waals surface area contributed by atoms with E-state index in [1.165, 1.54) is 32.5 Å². The summed E-state index contributed by atoms with van der Waals surface area (Å²) in [6.45, 7) is 16.4. The molecule has 0 bridgehead atoms. The molecule has 20 heavy (non-hydrogen) atoms. The van der Waals surface area contributed by atoms with Crippen molar-refractivity contribution in [2.45, 2.75) is 53.0 Å². The molecule has 0 amide bonds. The van der Waals surface area contributed by atoms with Crippen molar-refractivity contribution in [1.82, 2.24) is 15.5 Å². The van der Waals surface area contributed by atoms with Crippen LogP contribution in [0.25, 0.3) is 0 Å². The first kappa shape index (κ1) is 20.0. The zero-order valence-corrected chi connectivity index (χ0v) is 16.2. The van der Waals surface area contributed by atoms with E-state index >= 15 is 0 Å². The van der Waals surface area contributed by atoms with Gasteiger partial charge in [0.2, 0.25) is 0 Å². The van der Waals surface area contributed by atoms with Crippen molar-refractivity contribution >= 4 is 29.9 Å². The Labute approximate surface area is 142 Å². The van der Waals surface area contributed by atoms with E-state index in [1.54, 1.807) is 0 Å². The fourth-order valence-electron chi connectivity index (χ4n) is 2.46. The largest absolute Gasteiger partial charge is 0.357 e. The van der Waals surface area contributed by atoms with E-state index in [2.05, 4.69) is 50.2 Å². The molecule has 0 radical (unpaired) electrons. The quantitative estimate of drug-likeness (QED) is 0.427. The van der Waals surface area contributed by atoms with E-state index in [1.807, 2.05) is 0 Å². The van der Waals surface area contributed by atoms with Crippen LogP contribution in [0.4, 0.5) is 0 Å². The van der Waals surface area contributed by atoms with Crippen molar-refractivity contribution in [2.75, 3.05) is 32.7 Å². The van der Waals surface area contributed by atoms with Gasteiger partial charge in [-0.1, -0.05) is 6.92 Å². The molecule has 1 atom stereocenters. The Kier molecular flexibility index (Phi) is 9.80. The van der Waals surface area contributed by atoms with E-state index in [0.717, 1.165) is 25.0 Å². The monoisotopic (exact) mass is 396 g/mol. The summed E-state index contributed by atoms with van der Waals surface area (Å²) in [6.07, 6.45) is 2.54. The molecule has 2 N–H and O–H groups in total. The second kappa shape index (κ2) is 9.82. The lowest BCUT2D eigenvalue weighted by Crippen LogP contribution is -2.47. The number of halogens is 1. The summed E-state index contributed by atoms with van der Waals surface area (Å²) >= 11 is 0. The van der Waals surface area contributed by atoms with Crippen LogP contribution in [0, 0.1) is 5.92 Å². The summed E-state index contributed by atoms with van der Waals surface area (Å²) in [5.74, 6) is 1.67. The van der Waals surface area contributed by atoms with Gasteiger partial charge in [0.25, 0.3) is 0 Å². The third-order valence-corrected chi connectivity index (χ3v) is 3.26. The number of guanidine groups is 1. The summed E-state index contributed by atoms with van der Waals surface area (Å²) in [4.78, 5) is 7.30. The van der Waals surface area contributed by atoms with Crippen molar-refractivity contribution in [3.05, 3.63) is 0 Å². The van der Waals surface area contributed by atoms with Crippen LogP contribution in [0.5, 0.6) is 0 Å². The number of nitrogens with one attached hydrogen (secondary N) is 2. The molecule has 1 aliphatic heterocycles. The minimum absolute atomic E-state index is 0. The van der Waals surface area contributed by atoms with Crippen LogP contribution < -0.4 is 10.6 Å². The zero-order valence-electron chi connectivity index (χ0n) is 13.8. The van der Waals surface area contributed by atoms with Crippen molar-refractivity contribution in [3.63, 3.8) is 0 Å². The van der Waals surface area contributed by atoms with E-state index in [0.29, 0.717) is 0 Å². The second-order valence-corrected chi connectivity index (χ2v) is 6.55. The van der Waals surface area contributed by atoms with Crippen LogP contribution in [0.15, 0.2) is 4.99 Å². The van der Waals surface area contributed by atoms with Gasteiger partial charge in [0.05, 0.1) is 0 Å². The van der Waals surface area contributed by atoms with Crippen LogP contribution in [0.2, 0.25) is 0 Å². The first-order valence-corrected chi connectivity index (χ1v) is 7.73. The SMILES string of the molecule is CCCN1CCC(CN=C(NCC)NC(C)(C)C)C1.I. The summed E-state index contributed by atoms with van der Waals surface area (Å²) in [5.41, 5.74) is 0.0604. The summed E-state index contributed by atoms with van der Waals surface area (Å²) in [6, 6.07) is 0. The maximum absolute atomic E-state index is 4.74. The van der Waals surface area contributed by atoms with Crippen LogP contribution in [-0.2, 0) is 0 Å². The maximum atomic E-state index is 4.74. The van der Waals surface area contributed by atoms with Gasteiger partial charge in [-0.2, -0.15) is 0 Å². The molecule has 0 aromatic rings. The highest BCUT2D eigenvalue weighted by atomic mass is 127. The minimum Gasteiger partial charge on any atom is -0.357 e. The average molecular weight is 396 g/mol. The number of aliphatic imine (C=N–C) groups is 1. The molecule has 0 spiro atoms. The third kappa shape index (κ3) is 8.29. The molecule has 1 saturated heterocycles. The van der Waals surface area contributed by atoms with Gasteiger partial charge in [0, 0.05) is 25.2 Å². The molecule has 1 fully saturated rings. The summed E-state index contributed by atoms with van der Waals surface area (Å²) in [5, 5.41) is 6.77. The molecular weight excluding hydrogens is 363 g/mol. The molecule has 5 heteroatoms. The van der Waals surface area contributed by atoms with Crippen LogP contribution in [0.3, 0.4) is 0 Å². The number of rotatable bonds is 5. The molecule has 0 aromatic heterocycles. The fraction of sp³-hybridized carbons (Fsp3) is 0.933. The zero-order chi connectivity index (χ0) is 14.3. The van der Waals surface area contributed by atoms with Gasteiger partial charge >= 0.3 is 0 Å². The Hall–Kier alpha value is -0.0400. The second-order valence-electron chi connectivity index (χ2n) is 6.55. The van der Waals surface area contributed by atoms with E-state index < -0.39 is 0 Å². The Balaban J connectivity index is 0.00000361. The molecule has 0 aliphatic carbocycles. The number of likely N-dealkylation sites (tertiary alicyclic amines) is 1. The molecule has 4 nitrogen and oxygen atoms in total. The van der Waals surface area contributed by atoms with Crippen molar-refractivity contribution < 1.29 is 0 Å². The first-order chi connectivity index (χ1) is 8.94. The van der Waals surface area contributed by atoms with Crippen molar-refractivity contribution in [3.8, 4) is 0 Å². The van der Waals surface area contributed by atoms with Gasteiger partial charge in [0.15, 0.2) is 5.96 Å². The number of hydrogen-bond acceptors (Lipinski definition) is 2. The highest BCUT2D eigenvalue weighted by Gasteiger charge is 2.21. The Morgan fingerprint density at radius 3 is 2.55 bits per heavy atom. The average Bonchev–Trinajstić information content (AvgIpc) is 2.73. The van der Waals surface area contributed by atoms with Crippen molar-refractivity contribution in [1.29, 1.82) is 0 Å². The van der Waals surface area contributed by atoms with Crippen LogP contribution in [-0.4, -0.2) is 49.1 Å². The first-order valence-electron chi connectivity index (χ1n) is 7.73. The lowest BCUT2D eigenvalue weighted by Gasteiger charge is -2.24. The molecular formula is C15H33IN4. The molecule has 0 aromatic carbocycles. The summed E-state index contributed by atoms with van der Waals surface area (Å²) in [7, 11) is 0. The van der Waals surface area contributed by atoms with Crippen molar-refractivity contribution in [2.24, 2.45) is 10.9 Å². The standard InChI is InChI=1S/C15H32N4.HI/c1-6-9-19-10-8-13(12-19)11-17-14(16-7-2)18-15(3,4)5;/h13H,6-12H2,1-5H3,(H2,16,17,18);1H. The molecule has 1 unspecified atom stereocenters. The number of nitrogens with zero attached hydrogens (tertiary/aromatic N) is 2. The molecule has 1 heterocycles. The maximum Gasteiger partial charge on any atom is 0.191 e. The lowest BCUT2D eigenvalue weighted by molar-refractivity contribution is 0.326. The third-order valence-electron chi connectivity index (χ3n) is 3.26. The van der Waals surface area contributed by atoms with Gasteiger partial charge < -0.3 is 15.5 Å². The van der Waals surface area contributed by atoms with Gasteiger partial charge in [-0.15, -0.1) is 24.0 Å².